The molecule has 3 nitrogen and oxygen atoms in total. The third-order valence-electron chi connectivity index (χ3n) is 1.86. The minimum Gasteiger partial charge on any atom is -0.390 e. The molecule has 4 heteroatoms. The van der Waals surface area contributed by atoms with Gasteiger partial charge in [0.15, 0.2) is 0 Å². The van der Waals surface area contributed by atoms with E-state index in [9.17, 15) is 5.11 Å². The number of nitrogens with two attached hydrogens (primary N) is 2. The molecule has 1 aromatic rings. The summed E-state index contributed by atoms with van der Waals surface area (Å²) in [5.41, 5.74) is 12.2. The van der Waals surface area contributed by atoms with Gasteiger partial charge in [0.2, 0.25) is 0 Å². The van der Waals surface area contributed by atoms with Gasteiger partial charge in [-0.2, -0.15) is 0 Å². The molecule has 2 atom stereocenters. The topological polar surface area (TPSA) is 72.3 Å². The molecule has 0 spiro atoms. The molecule has 1 aromatic heterocycles. The number of aliphatic hydroxyl groups excluding tert-OH is 1. The lowest BCUT2D eigenvalue weighted by molar-refractivity contribution is 0.154. The van der Waals surface area contributed by atoms with Gasteiger partial charge in [0, 0.05) is 11.4 Å². The number of aliphatic hydroxyl groups is 1. The first-order valence-electron chi connectivity index (χ1n) is 3.84. The molecule has 0 saturated carbocycles. The molecule has 0 fully saturated rings. The van der Waals surface area contributed by atoms with Crippen molar-refractivity contribution in [1.82, 2.24) is 0 Å². The van der Waals surface area contributed by atoms with Crippen LogP contribution in [0.2, 0.25) is 0 Å². The standard InChI is InChI=1S/C8H14N2OS/c1-5-2-3-12-8(5)7(10)6(11)4-9/h2-3,6-7,11H,4,9-10H2,1H3. The molecule has 12 heavy (non-hydrogen) atoms. The maximum Gasteiger partial charge on any atom is 0.0862 e. The Morgan fingerprint density at radius 3 is 2.75 bits per heavy atom. The Morgan fingerprint density at radius 2 is 2.33 bits per heavy atom. The molecule has 0 aliphatic carbocycles. The number of hydrogen-bond acceptors (Lipinski definition) is 4. The van der Waals surface area contributed by atoms with Crippen LogP contribution in [0.5, 0.6) is 0 Å². The van der Waals surface area contributed by atoms with E-state index in [1.807, 2.05) is 18.4 Å². The van der Waals surface area contributed by atoms with Crippen LogP contribution in [0.4, 0.5) is 0 Å². The predicted molar refractivity (Wildman–Crippen MR) is 51.0 cm³/mol. The van der Waals surface area contributed by atoms with Crippen molar-refractivity contribution in [2.45, 2.75) is 19.1 Å². The second kappa shape index (κ2) is 4.00. The van der Waals surface area contributed by atoms with E-state index in [1.54, 1.807) is 11.3 Å². The monoisotopic (exact) mass is 186 g/mol. The third-order valence-corrected chi connectivity index (χ3v) is 2.98. The Balaban J connectivity index is 2.77. The summed E-state index contributed by atoms with van der Waals surface area (Å²) in [6.07, 6.45) is -0.637. The predicted octanol–water partition coefficient (Wildman–Crippen LogP) is 0.376. The van der Waals surface area contributed by atoms with Crippen molar-refractivity contribution in [3.05, 3.63) is 21.9 Å². The smallest absolute Gasteiger partial charge is 0.0862 e. The van der Waals surface area contributed by atoms with Crippen LogP contribution in [0.1, 0.15) is 16.5 Å². The van der Waals surface area contributed by atoms with Crippen LogP contribution in [-0.2, 0) is 0 Å². The Morgan fingerprint density at radius 1 is 1.67 bits per heavy atom. The van der Waals surface area contributed by atoms with Crippen molar-refractivity contribution >= 4 is 11.3 Å². The summed E-state index contributed by atoms with van der Waals surface area (Å²) in [4.78, 5) is 1.02. The molecule has 0 aliphatic rings. The Hall–Kier alpha value is -0.420. The van der Waals surface area contributed by atoms with Gasteiger partial charge in [0.25, 0.3) is 0 Å². The van der Waals surface area contributed by atoms with Gasteiger partial charge in [-0.05, 0) is 23.9 Å². The van der Waals surface area contributed by atoms with E-state index in [2.05, 4.69) is 0 Å². The van der Waals surface area contributed by atoms with Crippen LogP contribution in [0.3, 0.4) is 0 Å². The first-order chi connectivity index (χ1) is 5.66. The highest BCUT2D eigenvalue weighted by atomic mass is 32.1. The minimum absolute atomic E-state index is 0.207. The average Bonchev–Trinajstić information content (AvgIpc) is 2.48. The fourth-order valence-corrected chi connectivity index (χ4v) is 2.03. The third kappa shape index (κ3) is 1.84. The van der Waals surface area contributed by atoms with E-state index >= 15 is 0 Å². The molecule has 0 radical (unpaired) electrons. The number of thiophene rings is 1. The van der Waals surface area contributed by atoms with Crippen LogP contribution in [0, 0.1) is 6.92 Å². The highest BCUT2D eigenvalue weighted by Gasteiger charge is 2.17. The van der Waals surface area contributed by atoms with Gasteiger partial charge in [-0.1, -0.05) is 0 Å². The maximum absolute atomic E-state index is 9.38. The highest BCUT2D eigenvalue weighted by Crippen LogP contribution is 2.23. The van der Waals surface area contributed by atoms with Crippen LogP contribution >= 0.6 is 11.3 Å². The zero-order chi connectivity index (χ0) is 9.14. The van der Waals surface area contributed by atoms with E-state index < -0.39 is 6.10 Å². The van der Waals surface area contributed by atoms with Gasteiger partial charge < -0.3 is 16.6 Å². The summed E-state index contributed by atoms with van der Waals surface area (Å²) in [5, 5.41) is 11.3. The SMILES string of the molecule is Cc1ccsc1C(N)C(O)CN. The van der Waals surface area contributed by atoms with E-state index in [4.69, 9.17) is 11.5 Å². The normalized spacial score (nSPS) is 16.0. The molecule has 2 unspecified atom stereocenters. The Labute approximate surface area is 76.0 Å². The molecule has 0 bridgehead atoms. The molecular formula is C8H14N2OS. The molecule has 0 amide bonds. The van der Waals surface area contributed by atoms with Gasteiger partial charge in [0.1, 0.15) is 0 Å². The zero-order valence-electron chi connectivity index (χ0n) is 7.03. The minimum atomic E-state index is -0.637. The van der Waals surface area contributed by atoms with Crippen molar-refractivity contribution in [1.29, 1.82) is 0 Å². The van der Waals surface area contributed by atoms with Gasteiger partial charge in [-0.25, -0.2) is 0 Å². The van der Waals surface area contributed by atoms with Crippen molar-refractivity contribution < 1.29 is 5.11 Å². The molecule has 1 rings (SSSR count). The largest absolute Gasteiger partial charge is 0.390 e. The lowest BCUT2D eigenvalue weighted by Crippen LogP contribution is -2.32. The summed E-state index contributed by atoms with van der Waals surface area (Å²) < 4.78 is 0. The first kappa shape index (κ1) is 9.67. The van der Waals surface area contributed by atoms with Crippen molar-refractivity contribution in [2.75, 3.05) is 6.54 Å². The summed E-state index contributed by atoms with van der Waals surface area (Å²) in [6.45, 7) is 2.19. The number of hydrogen-bond donors (Lipinski definition) is 3. The van der Waals surface area contributed by atoms with E-state index in [0.29, 0.717) is 0 Å². The number of rotatable bonds is 3. The fraction of sp³-hybridized carbons (Fsp3) is 0.500. The quantitative estimate of drug-likeness (QED) is 0.639. The zero-order valence-corrected chi connectivity index (χ0v) is 7.84. The molecule has 68 valence electrons. The number of aryl methyl sites for hydroxylation is 1. The second-order valence-corrected chi connectivity index (χ2v) is 3.74. The first-order valence-corrected chi connectivity index (χ1v) is 4.72. The van der Waals surface area contributed by atoms with Crippen LogP contribution in [0.15, 0.2) is 11.4 Å². The van der Waals surface area contributed by atoms with Gasteiger partial charge >= 0.3 is 0 Å². The second-order valence-electron chi connectivity index (χ2n) is 2.80. The molecule has 0 saturated heterocycles. The molecular weight excluding hydrogens is 172 g/mol. The molecule has 0 aliphatic heterocycles. The van der Waals surface area contributed by atoms with E-state index in [0.717, 1.165) is 10.4 Å². The van der Waals surface area contributed by atoms with E-state index in [1.165, 1.54) is 0 Å². The molecule has 5 N–H and O–H groups in total. The highest BCUT2D eigenvalue weighted by molar-refractivity contribution is 7.10. The fourth-order valence-electron chi connectivity index (χ4n) is 1.05. The lowest BCUT2D eigenvalue weighted by Gasteiger charge is -2.16. The summed E-state index contributed by atoms with van der Waals surface area (Å²) >= 11 is 1.56. The van der Waals surface area contributed by atoms with Gasteiger partial charge in [-0.3, -0.25) is 0 Å². The molecule has 0 aromatic carbocycles. The van der Waals surface area contributed by atoms with Crippen LogP contribution < -0.4 is 11.5 Å². The van der Waals surface area contributed by atoms with Crippen LogP contribution in [0.25, 0.3) is 0 Å². The maximum atomic E-state index is 9.38. The summed E-state index contributed by atoms with van der Waals surface area (Å²) in [5.74, 6) is 0. The average molecular weight is 186 g/mol. The molecule has 1 heterocycles. The van der Waals surface area contributed by atoms with Gasteiger partial charge in [0.05, 0.1) is 12.1 Å². The summed E-state index contributed by atoms with van der Waals surface area (Å²) in [7, 11) is 0. The van der Waals surface area contributed by atoms with Crippen molar-refractivity contribution in [3.63, 3.8) is 0 Å². The summed E-state index contributed by atoms with van der Waals surface area (Å²) in [6, 6.07) is 1.65. The Bertz CT molecular complexity index is 249. The van der Waals surface area contributed by atoms with Crippen molar-refractivity contribution in [3.8, 4) is 0 Å². The lowest BCUT2D eigenvalue weighted by atomic mass is 10.1. The van der Waals surface area contributed by atoms with E-state index in [-0.39, 0.29) is 12.6 Å². The van der Waals surface area contributed by atoms with Crippen molar-refractivity contribution in [2.24, 2.45) is 11.5 Å². The van der Waals surface area contributed by atoms with Crippen LogP contribution in [-0.4, -0.2) is 17.8 Å². The Kier molecular flexibility index (Phi) is 3.22. The van der Waals surface area contributed by atoms with Gasteiger partial charge in [-0.15, -0.1) is 11.3 Å².